The zero-order valence-electron chi connectivity index (χ0n) is 13.9. The van der Waals surface area contributed by atoms with Crippen LogP contribution in [0.2, 0.25) is 0 Å². The maximum Gasteiger partial charge on any atom is 0.253 e. The summed E-state index contributed by atoms with van der Waals surface area (Å²) in [7, 11) is -3.74. The molecule has 2 heterocycles. The second kappa shape index (κ2) is 8.62. The van der Waals surface area contributed by atoms with Crippen LogP contribution in [0.15, 0.2) is 50.5 Å². The van der Waals surface area contributed by atoms with Crippen molar-refractivity contribution in [3.05, 3.63) is 46.3 Å². The quantitative estimate of drug-likeness (QED) is 0.690. The van der Waals surface area contributed by atoms with E-state index in [1.165, 1.54) is 4.31 Å². The number of thiophene rings is 1. The molecule has 1 aliphatic rings. The van der Waals surface area contributed by atoms with E-state index in [2.05, 4.69) is 21.2 Å². The minimum absolute atomic E-state index is 0.175. The minimum Gasteiger partial charge on any atom is -0.377 e. The molecule has 6 nitrogen and oxygen atoms in total. The van der Waals surface area contributed by atoms with Gasteiger partial charge in [-0.2, -0.15) is 4.31 Å². The average Bonchev–Trinajstić information content (AvgIpc) is 3.30. The Morgan fingerprint density at radius 3 is 2.69 bits per heavy atom. The molecule has 0 aliphatic carbocycles. The molecule has 1 saturated heterocycles. The molecule has 1 unspecified atom stereocenters. The first-order chi connectivity index (χ1) is 12.4. The monoisotopic (exact) mass is 458 g/mol. The number of nitrogens with zero attached hydrogens (tertiary/aromatic N) is 1. The van der Waals surface area contributed by atoms with Crippen molar-refractivity contribution in [1.82, 2.24) is 4.31 Å². The fourth-order valence-corrected chi connectivity index (χ4v) is 5.53. The predicted molar refractivity (Wildman–Crippen MR) is 105 cm³/mol. The van der Waals surface area contributed by atoms with Crippen LogP contribution in [-0.4, -0.2) is 44.4 Å². The van der Waals surface area contributed by atoms with Gasteiger partial charge in [-0.1, -0.05) is 22.0 Å². The zero-order valence-corrected chi connectivity index (χ0v) is 17.1. The molecule has 140 valence electrons. The number of carbonyl (C=O) groups excluding carboxylic acids is 1. The van der Waals surface area contributed by atoms with Gasteiger partial charge in [-0.15, -0.1) is 11.3 Å². The lowest BCUT2D eigenvalue weighted by Crippen LogP contribution is -2.42. The molecule has 1 amide bonds. The summed E-state index contributed by atoms with van der Waals surface area (Å²) < 4.78 is 33.7. The van der Waals surface area contributed by atoms with Crippen LogP contribution in [-0.2, 0) is 19.6 Å². The first-order valence-electron chi connectivity index (χ1n) is 8.16. The number of sulfonamides is 1. The molecule has 0 saturated carbocycles. The Hall–Kier alpha value is -1.26. The van der Waals surface area contributed by atoms with E-state index in [4.69, 9.17) is 4.74 Å². The summed E-state index contributed by atoms with van der Waals surface area (Å²) in [6, 6.07) is 10.4. The van der Waals surface area contributed by atoms with Gasteiger partial charge < -0.3 is 10.1 Å². The van der Waals surface area contributed by atoms with Gasteiger partial charge in [0.15, 0.2) is 0 Å². The Labute approximate surface area is 165 Å². The number of carbonyl (C=O) groups is 1. The summed E-state index contributed by atoms with van der Waals surface area (Å²) in [5, 5.41) is 4.45. The van der Waals surface area contributed by atoms with Crippen LogP contribution in [0.4, 0.5) is 5.69 Å². The van der Waals surface area contributed by atoms with Crippen molar-refractivity contribution in [2.24, 2.45) is 0 Å². The third kappa shape index (κ3) is 4.92. The van der Waals surface area contributed by atoms with E-state index >= 15 is 0 Å². The summed E-state index contributed by atoms with van der Waals surface area (Å²) in [4.78, 5) is 12.4. The predicted octanol–water partition coefficient (Wildman–Crippen LogP) is 3.32. The van der Waals surface area contributed by atoms with Crippen molar-refractivity contribution < 1.29 is 17.9 Å². The second-order valence-electron chi connectivity index (χ2n) is 5.92. The Morgan fingerprint density at radius 2 is 2.08 bits per heavy atom. The molecule has 1 N–H and O–H groups in total. The van der Waals surface area contributed by atoms with Crippen LogP contribution in [0.25, 0.3) is 0 Å². The largest absolute Gasteiger partial charge is 0.377 e. The van der Waals surface area contributed by atoms with Crippen LogP contribution in [0.1, 0.15) is 12.8 Å². The fraction of sp³-hybridized carbons (Fsp3) is 0.353. The zero-order chi connectivity index (χ0) is 18.6. The Morgan fingerprint density at radius 1 is 1.31 bits per heavy atom. The van der Waals surface area contributed by atoms with Crippen LogP contribution in [0.5, 0.6) is 0 Å². The molecule has 0 spiro atoms. The molecule has 3 rings (SSSR count). The molecule has 1 fully saturated rings. The molecule has 1 atom stereocenters. The van der Waals surface area contributed by atoms with Crippen LogP contribution < -0.4 is 5.32 Å². The molecular weight excluding hydrogens is 440 g/mol. The normalized spacial score (nSPS) is 17.5. The van der Waals surface area contributed by atoms with Gasteiger partial charge in [-0.3, -0.25) is 4.79 Å². The third-order valence-electron chi connectivity index (χ3n) is 3.97. The molecule has 2 aromatic rings. The number of rotatable bonds is 7. The smallest absolute Gasteiger partial charge is 0.253 e. The number of anilines is 1. The number of ether oxygens (including phenoxy) is 1. The van der Waals surface area contributed by atoms with Crippen LogP contribution >= 0.6 is 27.3 Å². The molecule has 9 heteroatoms. The highest BCUT2D eigenvalue weighted by atomic mass is 79.9. The number of benzene rings is 1. The van der Waals surface area contributed by atoms with Crippen molar-refractivity contribution in [3.63, 3.8) is 0 Å². The Bertz CT molecular complexity index is 832. The SMILES string of the molecule is O=C(CN(CC1CCCO1)S(=O)(=O)c1cccs1)Nc1ccc(Br)cc1. The van der Waals surface area contributed by atoms with Gasteiger partial charge in [0.05, 0.1) is 12.6 Å². The second-order valence-corrected chi connectivity index (χ2v) is 9.95. The van der Waals surface area contributed by atoms with E-state index in [0.29, 0.717) is 12.3 Å². The van der Waals surface area contributed by atoms with E-state index in [9.17, 15) is 13.2 Å². The van der Waals surface area contributed by atoms with E-state index in [-0.39, 0.29) is 29.3 Å². The highest BCUT2D eigenvalue weighted by Crippen LogP contribution is 2.23. The molecule has 0 bridgehead atoms. The summed E-state index contributed by atoms with van der Waals surface area (Å²) >= 11 is 4.48. The molecule has 1 aliphatic heterocycles. The van der Waals surface area contributed by atoms with Gasteiger partial charge in [0.2, 0.25) is 5.91 Å². The number of nitrogens with one attached hydrogen (secondary N) is 1. The van der Waals surface area contributed by atoms with E-state index in [0.717, 1.165) is 28.7 Å². The molecule has 1 aromatic carbocycles. The van der Waals surface area contributed by atoms with Crippen LogP contribution in [0.3, 0.4) is 0 Å². The Kier molecular flexibility index (Phi) is 6.46. The van der Waals surface area contributed by atoms with Gasteiger partial charge in [-0.25, -0.2) is 8.42 Å². The van der Waals surface area contributed by atoms with Crippen molar-refractivity contribution in [1.29, 1.82) is 0 Å². The van der Waals surface area contributed by atoms with E-state index < -0.39 is 10.0 Å². The van der Waals surface area contributed by atoms with Crippen LogP contribution in [0, 0.1) is 0 Å². The van der Waals surface area contributed by atoms with Crippen molar-refractivity contribution in [3.8, 4) is 0 Å². The molecule has 0 radical (unpaired) electrons. The standard InChI is InChI=1S/C17H19BrN2O4S2/c18-13-5-7-14(8-6-13)19-16(21)12-20(11-15-3-1-9-24-15)26(22,23)17-4-2-10-25-17/h2,4-8,10,15H,1,3,9,11-12H2,(H,19,21). The van der Waals surface area contributed by atoms with Gasteiger partial charge in [0, 0.05) is 23.3 Å². The number of hydrogen-bond donors (Lipinski definition) is 1. The lowest BCUT2D eigenvalue weighted by Gasteiger charge is -2.23. The van der Waals surface area contributed by atoms with Gasteiger partial charge in [0.1, 0.15) is 4.21 Å². The number of hydrogen-bond acceptors (Lipinski definition) is 5. The van der Waals surface area contributed by atoms with Gasteiger partial charge >= 0.3 is 0 Å². The number of halogens is 1. The summed E-state index contributed by atoms with van der Waals surface area (Å²) in [6.45, 7) is 0.548. The first-order valence-corrected chi connectivity index (χ1v) is 11.3. The summed E-state index contributed by atoms with van der Waals surface area (Å²) in [6.07, 6.45) is 1.53. The topological polar surface area (TPSA) is 75.7 Å². The average molecular weight is 459 g/mol. The molecule has 1 aromatic heterocycles. The van der Waals surface area contributed by atoms with Crippen molar-refractivity contribution in [2.75, 3.05) is 25.0 Å². The minimum atomic E-state index is -3.74. The molecular formula is C17H19BrN2O4S2. The van der Waals surface area contributed by atoms with Gasteiger partial charge in [-0.05, 0) is 48.6 Å². The fourth-order valence-electron chi connectivity index (χ4n) is 2.69. The highest BCUT2D eigenvalue weighted by Gasteiger charge is 2.31. The first kappa shape index (κ1) is 19.5. The highest BCUT2D eigenvalue weighted by molar-refractivity contribution is 9.10. The lowest BCUT2D eigenvalue weighted by molar-refractivity contribution is -0.116. The maximum atomic E-state index is 12.9. The van der Waals surface area contributed by atoms with Crippen molar-refractivity contribution in [2.45, 2.75) is 23.2 Å². The lowest BCUT2D eigenvalue weighted by atomic mass is 10.2. The summed E-state index contributed by atoms with van der Waals surface area (Å²) in [5.41, 5.74) is 0.615. The maximum absolute atomic E-state index is 12.9. The summed E-state index contributed by atoms with van der Waals surface area (Å²) in [5.74, 6) is -0.384. The van der Waals surface area contributed by atoms with Gasteiger partial charge in [0.25, 0.3) is 10.0 Å². The number of amides is 1. The van der Waals surface area contributed by atoms with E-state index in [1.54, 1.807) is 29.6 Å². The van der Waals surface area contributed by atoms with E-state index in [1.807, 2.05) is 12.1 Å². The third-order valence-corrected chi connectivity index (χ3v) is 7.68. The van der Waals surface area contributed by atoms with Crippen molar-refractivity contribution >= 4 is 48.9 Å². The molecule has 26 heavy (non-hydrogen) atoms. The Balaban J connectivity index is 1.74.